The Labute approximate surface area is 347 Å². The van der Waals surface area contributed by atoms with Gasteiger partial charge in [0.05, 0.1) is 45.3 Å². The minimum atomic E-state index is -1.77. The van der Waals surface area contributed by atoms with Crippen molar-refractivity contribution in [1.82, 2.24) is 0 Å². The van der Waals surface area contributed by atoms with Gasteiger partial charge in [-0.25, -0.2) is 0 Å². The van der Waals surface area contributed by atoms with E-state index in [0.29, 0.717) is 19.4 Å². The van der Waals surface area contributed by atoms with Gasteiger partial charge in [0.1, 0.15) is 19.8 Å². The van der Waals surface area contributed by atoms with E-state index in [2.05, 4.69) is 40.7 Å². The summed E-state index contributed by atoms with van der Waals surface area (Å²) >= 11 is 0. The van der Waals surface area contributed by atoms with Crippen LogP contribution in [0.4, 0.5) is 0 Å². The molecule has 0 bridgehead atoms. The van der Waals surface area contributed by atoms with Crippen LogP contribution in [0, 0.1) is 11.3 Å². The minimum absolute atomic E-state index is 0.00997. The first-order valence-electron chi connectivity index (χ1n) is 23.7. The van der Waals surface area contributed by atoms with Crippen LogP contribution in [-0.2, 0) is 32.6 Å². The number of nitriles is 1. The summed E-state index contributed by atoms with van der Waals surface area (Å²) in [6.07, 6.45) is 32.6. The van der Waals surface area contributed by atoms with Crippen LogP contribution in [0.1, 0.15) is 221 Å². The second kappa shape index (κ2) is 41.8. The molecule has 2 atom stereocenters. The molecule has 0 amide bonds. The van der Waals surface area contributed by atoms with E-state index in [1.54, 1.807) is 0 Å². The van der Waals surface area contributed by atoms with E-state index in [1.807, 2.05) is 0 Å². The maximum absolute atomic E-state index is 12.9. The van der Waals surface area contributed by atoms with Crippen molar-refractivity contribution in [3.63, 3.8) is 0 Å². The van der Waals surface area contributed by atoms with Crippen molar-refractivity contribution in [2.45, 2.75) is 227 Å². The summed E-state index contributed by atoms with van der Waals surface area (Å²) in [4.78, 5) is 25.6. The zero-order chi connectivity index (χ0) is 41.2. The molecule has 56 heavy (non-hydrogen) atoms. The lowest BCUT2D eigenvalue weighted by Crippen LogP contribution is -2.49. The third-order valence-electron chi connectivity index (χ3n) is 11.2. The van der Waals surface area contributed by atoms with Crippen molar-refractivity contribution in [3.05, 3.63) is 0 Å². The molecule has 2 unspecified atom stereocenters. The van der Waals surface area contributed by atoms with Gasteiger partial charge in [0.15, 0.2) is 6.10 Å². The number of unbranched alkanes of at least 4 members (excludes halogenated alkanes) is 24. The quantitative estimate of drug-likeness (QED) is 0.0259. The van der Waals surface area contributed by atoms with E-state index < -0.39 is 14.7 Å². The molecule has 10 heteroatoms. The SMILES string of the molecule is CCCCCCCCCCCCCCCC(=O)OCC(COP(OCCC#N)OCC[N+](CC)(CC)CC)OC(=O)CCCCCCCCCCCCCCC. The van der Waals surface area contributed by atoms with Crippen molar-refractivity contribution in [1.29, 1.82) is 5.26 Å². The fourth-order valence-corrected chi connectivity index (χ4v) is 8.05. The van der Waals surface area contributed by atoms with Crippen LogP contribution in [0.25, 0.3) is 0 Å². The molecule has 0 aliphatic heterocycles. The van der Waals surface area contributed by atoms with Gasteiger partial charge < -0.3 is 27.5 Å². The Morgan fingerprint density at radius 1 is 0.518 bits per heavy atom. The first-order valence-corrected chi connectivity index (χ1v) is 24.8. The Kier molecular flexibility index (Phi) is 40.9. The molecule has 0 aromatic rings. The third-order valence-corrected chi connectivity index (χ3v) is 12.4. The predicted octanol–water partition coefficient (Wildman–Crippen LogP) is 13.5. The molecule has 9 nitrogen and oxygen atoms in total. The van der Waals surface area contributed by atoms with Crippen LogP contribution in [0.3, 0.4) is 0 Å². The van der Waals surface area contributed by atoms with Crippen LogP contribution >= 0.6 is 8.60 Å². The first-order chi connectivity index (χ1) is 27.4. The molecular formula is C46H90N2O7P+. The lowest BCUT2D eigenvalue weighted by atomic mass is 10.0. The smallest absolute Gasteiger partial charge is 0.333 e. The van der Waals surface area contributed by atoms with Crippen molar-refractivity contribution in [3.8, 4) is 6.07 Å². The highest BCUT2D eigenvalue weighted by Crippen LogP contribution is 2.40. The Balaban J connectivity index is 4.77. The Morgan fingerprint density at radius 3 is 1.32 bits per heavy atom. The van der Waals surface area contributed by atoms with Crippen molar-refractivity contribution in [2.24, 2.45) is 0 Å². The van der Waals surface area contributed by atoms with Crippen LogP contribution in [0.15, 0.2) is 0 Å². The Bertz CT molecular complexity index is 906. The number of rotatable bonds is 44. The van der Waals surface area contributed by atoms with Gasteiger partial charge in [-0.3, -0.25) is 9.59 Å². The maximum atomic E-state index is 12.9. The van der Waals surface area contributed by atoms with E-state index in [-0.39, 0.29) is 38.2 Å². The van der Waals surface area contributed by atoms with E-state index in [0.717, 1.165) is 69.2 Å². The number of carbonyl (C=O) groups excluding carboxylic acids is 2. The van der Waals surface area contributed by atoms with Gasteiger partial charge in [0.2, 0.25) is 0 Å². The van der Waals surface area contributed by atoms with Gasteiger partial charge in [-0.05, 0) is 33.6 Å². The number of hydrogen-bond acceptors (Lipinski definition) is 8. The summed E-state index contributed by atoms with van der Waals surface area (Å²) in [5, 5.41) is 9.05. The zero-order valence-electron chi connectivity index (χ0n) is 37.4. The predicted molar refractivity (Wildman–Crippen MR) is 233 cm³/mol. The number of likely N-dealkylation sites (N-methyl/N-ethyl adjacent to an activating group) is 1. The highest BCUT2D eigenvalue weighted by molar-refractivity contribution is 7.41. The van der Waals surface area contributed by atoms with Gasteiger partial charge in [0, 0.05) is 12.8 Å². The van der Waals surface area contributed by atoms with E-state index in [1.165, 1.54) is 128 Å². The molecule has 0 heterocycles. The van der Waals surface area contributed by atoms with Crippen molar-refractivity contribution < 1.29 is 37.1 Å². The molecule has 0 N–H and O–H groups in total. The van der Waals surface area contributed by atoms with Crippen LogP contribution in [-0.4, -0.2) is 75.1 Å². The van der Waals surface area contributed by atoms with Crippen LogP contribution < -0.4 is 0 Å². The average molecular weight is 814 g/mol. The molecule has 0 spiro atoms. The monoisotopic (exact) mass is 814 g/mol. The molecule has 0 fully saturated rings. The zero-order valence-corrected chi connectivity index (χ0v) is 38.3. The van der Waals surface area contributed by atoms with E-state index in [9.17, 15) is 9.59 Å². The second-order valence-corrected chi connectivity index (χ2v) is 17.1. The second-order valence-electron chi connectivity index (χ2n) is 15.9. The lowest BCUT2D eigenvalue weighted by Gasteiger charge is -2.35. The van der Waals surface area contributed by atoms with Gasteiger partial charge in [-0.2, -0.15) is 5.26 Å². The molecular weight excluding hydrogens is 723 g/mol. The van der Waals surface area contributed by atoms with E-state index >= 15 is 0 Å². The molecule has 0 aromatic carbocycles. The van der Waals surface area contributed by atoms with Gasteiger partial charge in [0.25, 0.3) is 0 Å². The summed E-state index contributed by atoms with van der Waals surface area (Å²) in [5.74, 6) is -0.581. The molecule has 0 aliphatic rings. The van der Waals surface area contributed by atoms with Crippen molar-refractivity contribution in [2.75, 3.05) is 52.6 Å². The number of carbonyl (C=O) groups is 2. The van der Waals surface area contributed by atoms with Gasteiger partial charge >= 0.3 is 20.5 Å². The number of quaternary nitrogens is 1. The summed E-state index contributed by atoms with van der Waals surface area (Å²) in [6, 6.07) is 2.09. The fourth-order valence-electron chi connectivity index (χ4n) is 7.07. The molecule has 0 rings (SSSR count). The molecule has 0 radical (unpaired) electrons. The third kappa shape index (κ3) is 34.7. The molecule has 0 aromatic heterocycles. The highest BCUT2D eigenvalue weighted by atomic mass is 31.2. The maximum Gasteiger partial charge on any atom is 0.333 e. The van der Waals surface area contributed by atoms with Crippen molar-refractivity contribution >= 4 is 20.5 Å². The topological polar surface area (TPSA) is 104 Å². The lowest BCUT2D eigenvalue weighted by molar-refractivity contribution is -0.923. The number of nitrogens with zero attached hydrogens (tertiary/aromatic N) is 2. The fraction of sp³-hybridized carbons (Fsp3) is 0.935. The summed E-state index contributed by atoms with van der Waals surface area (Å²) in [5.41, 5.74) is 0. The van der Waals surface area contributed by atoms with Crippen LogP contribution in [0.5, 0.6) is 0 Å². The summed E-state index contributed by atoms with van der Waals surface area (Å²) in [7, 11) is -1.77. The van der Waals surface area contributed by atoms with Gasteiger partial charge in [-0.1, -0.05) is 168 Å². The van der Waals surface area contributed by atoms with E-state index in [4.69, 9.17) is 28.3 Å². The number of esters is 2. The first kappa shape index (κ1) is 54.7. The number of ether oxygens (including phenoxy) is 2. The Morgan fingerprint density at radius 2 is 0.911 bits per heavy atom. The molecule has 0 saturated carbocycles. The summed E-state index contributed by atoms with van der Waals surface area (Å²) in [6.45, 7) is 15.5. The summed E-state index contributed by atoms with van der Waals surface area (Å²) < 4.78 is 30.3. The molecule has 330 valence electrons. The largest absolute Gasteiger partial charge is 0.462 e. The Hall–Kier alpha value is -1.30. The van der Waals surface area contributed by atoms with Gasteiger partial charge in [-0.15, -0.1) is 0 Å². The normalized spacial score (nSPS) is 12.7. The highest BCUT2D eigenvalue weighted by Gasteiger charge is 2.25. The van der Waals surface area contributed by atoms with Crippen LogP contribution in [0.2, 0.25) is 0 Å². The molecule has 0 saturated heterocycles. The average Bonchev–Trinajstić information content (AvgIpc) is 3.21. The number of hydrogen-bond donors (Lipinski definition) is 0. The standard InChI is InChI=1S/C46H90N2O7P/c1-6-11-13-15-17-19-21-23-25-27-29-31-33-36-45(49)51-42-44(43-54-56(52-40-35-38-47)53-41-39-48(8-3,9-4)10-5)55-46(50)37-34-32-30-28-26-24-22-20-18-16-14-12-7-2/h44H,6-37,39-43H2,1-5H3/q+1. The minimum Gasteiger partial charge on any atom is -0.462 e. The molecule has 0 aliphatic carbocycles.